The Hall–Kier alpha value is -4.91. The monoisotopic (exact) mass is 724 g/mol. The number of nitrogens with two attached hydrogens (primary N) is 1. The molecule has 1 aliphatic rings. The Morgan fingerprint density at radius 3 is 1.32 bits per heavy atom. The van der Waals surface area contributed by atoms with Crippen LogP contribution in [0.2, 0.25) is 0 Å². The van der Waals surface area contributed by atoms with Crippen LogP contribution >= 0.6 is 23.9 Å². The van der Waals surface area contributed by atoms with Crippen LogP contribution in [0.1, 0.15) is 0 Å². The number of hydrogen-bond donors (Lipinski definition) is 1. The van der Waals surface area contributed by atoms with Crippen molar-refractivity contribution in [3.05, 3.63) is 182 Å². The van der Waals surface area contributed by atoms with Gasteiger partial charge in [-0.15, -0.1) is 0 Å². The quantitative estimate of drug-likeness (QED) is 0.117. The Labute approximate surface area is 293 Å². The Morgan fingerprint density at radius 1 is 0.500 bits per heavy atom. The summed E-state index contributed by atoms with van der Waals surface area (Å²) in [5.41, 5.74) is 6.95. The van der Waals surface area contributed by atoms with Crippen LogP contribution in [0.3, 0.4) is 0 Å². The van der Waals surface area contributed by atoms with E-state index in [-0.39, 0.29) is 6.29 Å². The van der Waals surface area contributed by atoms with Crippen LogP contribution in [-0.2, 0) is 0 Å². The molecule has 1 atom stereocenters. The Balaban J connectivity index is 1.52. The molecule has 50 heavy (non-hydrogen) atoms. The molecule has 2 N–H and O–H groups in total. The molecule has 0 aromatic heterocycles. The van der Waals surface area contributed by atoms with E-state index in [1.54, 1.807) is 9.21 Å². The summed E-state index contributed by atoms with van der Waals surface area (Å²) in [6.07, 6.45) is -0.0912. The third kappa shape index (κ3) is 7.62. The number of hydrogen-bond acceptors (Lipinski definition) is 10. The molecule has 6 aromatic carbocycles. The minimum atomic E-state index is -4.07. The molecule has 0 spiro atoms. The first-order chi connectivity index (χ1) is 24.7. The predicted octanol–water partition coefficient (Wildman–Crippen LogP) is 10.5. The van der Waals surface area contributed by atoms with Crippen LogP contribution < -0.4 is 33.5 Å². The summed E-state index contributed by atoms with van der Waals surface area (Å²) in [7, 11) is -10.1. The van der Waals surface area contributed by atoms with Crippen molar-refractivity contribution in [1.29, 1.82) is 0 Å². The molecule has 1 aliphatic heterocycles. The second-order valence-corrected chi connectivity index (χ2v) is 17.9. The zero-order chi connectivity index (χ0) is 34.1. The van der Waals surface area contributed by atoms with Gasteiger partial charge in [-0.05, 0) is 0 Å². The van der Waals surface area contributed by atoms with Gasteiger partial charge in [0.25, 0.3) is 0 Å². The SMILES string of the molecule is NC[PH]1(Oc2ccccc2)N(Oc2ccccc2)P(Oc2ccccc2)N=P(Oc2ccccc2)(Oc2ccccc2)N1Oc1ccccc1. The van der Waals surface area contributed by atoms with Crippen molar-refractivity contribution in [2.24, 2.45) is 10.2 Å². The van der Waals surface area contributed by atoms with Gasteiger partial charge >= 0.3 is 294 Å². The normalized spacial score (nSPS) is 17.3. The molecule has 13 heteroatoms. The van der Waals surface area contributed by atoms with E-state index >= 15 is 0 Å². The van der Waals surface area contributed by atoms with E-state index in [1.807, 2.05) is 182 Å². The summed E-state index contributed by atoms with van der Waals surface area (Å²) in [6.45, 7) is 0. The first-order valence-electron chi connectivity index (χ1n) is 15.8. The molecule has 1 unspecified atom stereocenters. The summed E-state index contributed by atoms with van der Waals surface area (Å²) >= 11 is 0. The van der Waals surface area contributed by atoms with Crippen LogP contribution in [0.25, 0.3) is 0 Å². The topological polar surface area (TPSA) is 100 Å². The van der Waals surface area contributed by atoms with E-state index in [1.165, 1.54) is 0 Å². The number of benzene rings is 6. The van der Waals surface area contributed by atoms with Gasteiger partial charge in [-0.2, -0.15) is 0 Å². The molecule has 0 amide bonds. The second kappa shape index (κ2) is 15.8. The van der Waals surface area contributed by atoms with E-state index in [4.69, 9.17) is 38.0 Å². The van der Waals surface area contributed by atoms with Crippen molar-refractivity contribution in [3.8, 4) is 34.5 Å². The van der Waals surface area contributed by atoms with Crippen molar-refractivity contribution >= 4 is 23.9 Å². The van der Waals surface area contributed by atoms with Gasteiger partial charge in [-0.25, -0.2) is 0 Å². The first kappa shape index (κ1) is 33.6. The molecule has 10 nitrogen and oxygen atoms in total. The fraction of sp³-hybridized carbons (Fsp3) is 0.0270. The molecule has 0 saturated heterocycles. The molecule has 7 rings (SSSR count). The second-order valence-electron chi connectivity index (χ2n) is 10.8. The summed E-state index contributed by atoms with van der Waals surface area (Å²) in [4.78, 5) is 13.7. The third-order valence-corrected chi connectivity index (χ3v) is 16.5. The van der Waals surface area contributed by atoms with Crippen molar-refractivity contribution < 1.29 is 27.8 Å². The van der Waals surface area contributed by atoms with E-state index in [2.05, 4.69) is 0 Å². The van der Waals surface area contributed by atoms with Crippen molar-refractivity contribution in [3.63, 3.8) is 0 Å². The zero-order valence-corrected chi connectivity index (χ0v) is 29.6. The predicted molar refractivity (Wildman–Crippen MR) is 200 cm³/mol. The molecule has 1 heterocycles. The first-order valence-corrected chi connectivity index (χ1v) is 20.5. The fourth-order valence-electron chi connectivity index (χ4n) is 4.92. The van der Waals surface area contributed by atoms with Crippen LogP contribution in [-0.4, -0.2) is 15.5 Å². The molecule has 0 bridgehead atoms. The van der Waals surface area contributed by atoms with Gasteiger partial charge in [0.05, 0.1) is 0 Å². The average Bonchev–Trinajstić information content (AvgIpc) is 3.17. The Bertz CT molecular complexity index is 1940. The molecule has 0 aliphatic carbocycles. The zero-order valence-electron chi connectivity index (χ0n) is 26.8. The van der Waals surface area contributed by atoms with Crippen LogP contribution in [0, 0.1) is 0 Å². The van der Waals surface area contributed by atoms with Gasteiger partial charge in [0, 0.05) is 0 Å². The van der Waals surface area contributed by atoms with Gasteiger partial charge in [-0.3, -0.25) is 0 Å². The van der Waals surface area contributed by atoms with Crippen molar-refractivity contribution in [2.45, 2.75) is 0 Å². The summed E-state index contributed by atoms with van der Waals surface area (Å²) < 4.78 is 36.4. The van der Waals surface area contributed by atoms with E-state index < -0.39 is 23.9 Å². The van der Waals surface area contributed by atoms with Crippen molar-refractivity contribution in [1.82, 2.24) is 9.21 Å². The molecule has 0 saturated carbocycles. The van der Waals surface area contributed by atoms with Crippen LogP contribution in [0.5, 0.6) is 34.5 Å². The maximum absolute atomic E-state index is 7.12. The van der Waals surface area contributed by atoms with Gasteiger partial charge < -0.3 is 0 Å². The number of nitrogens with zero attached hydrogens (tertiary/aromatic N) is 3. The minimum absolute atomic E-state index is 0.0912. The number of rotatable bonds is 13. The van der Waals surface area contributed by atoms with E-state index in [0.717, 1.165) is 0 Å². The van der Waals surface area contributed by atoms with Crippen LogP contribution in [0.15, 0.2) is 187 Å². The number of para-hydroxylation sites is 6. The molecular weight excluding hydrogens is 689 g/mol. The molecule has 0 radical (unpaired) electrons. The van der Waals surface area contributed by atoms with Gasteiger partial charge in [0.2, 0.25) is 0 Å². The van der Waals surface area contributed by atoms with E-state index in [0.29, 0.717) is 34.5 Å². The van der Waals surface area contributed by atoms with Gasteiger partial charge in [0.1, 0.15) is 0 Å². The standard InChI is InChI=1S/C37H35N4O6P3/c38-31-49(45-35-25-13-4-14-26-35)40(42-32-19-7-1-8-20-32)48(44-34-23-11-3-12-24-34)39-50(46-36-27-15-5-16-28-36,47-37-29-17-6-18-30-37)41(49)43-33-21-9-2-10-22-33/h1-30,49H,31,38H2. The third-order valence-electron chi connectivity index (χ3n) is 7.20. The summed E-state index contributed by atoms with van der Waals surface area (Å²) in [5, 5.41) is 0. The van der Waals surface area contributed by atoms with Gasteiger partial charge in [-0.1, -0.05) is 0 Å². The van der Waals surface area contributed by atoms with Crippen LogP contribution in [0.4, 0.5) is 0 Å². The molecule has 6 aromatic rings. The van der Waals surface area contributed by atoms with Gasteiger partial charge in [0.15, 0.2) is 0 Å². The fourth-order valence-corrected chi connectivity index (χ4v) is 15.3. The average molecular weight is 725 g/mol. The maximum atomic E-state index is 7.12. The summed E-state index contributed by atoms with van der Waals surface area (Å²) in [6, 6.07) is 56.1. The summed E-state index contributed by atoms with van der Waals surface area (Å²) in [5.74, 6) is 3.08. The molecular formula is C37H35N4O6P3. The van der Waals surface area contributed by atoms with E-state index in [9.17, 15) is 0 Å². The Kier molecular flexibility index (Phi) is 10.6. The molecule has 0 fully saturated rings. The Morgan fingerprint density at radius 2 is 0.880 bits per heavy atom. The van der Waals surface area contributed by atoms with Crippen molar-refractivity contribution in [2.75, 3.05) is 6.29 Å². The molecule has 254 valence electrons.